The van der Waals surface area contributed by atoms with E-state index in [0.717, 1.165) is 10.4 Å². The third kappa shape index (κ3) is 8.32. The summed E-state index contributed by atoms with van der Waals surface area (Å²) in [5.41, 5.74) is 0.362. The minimum absolute atomic E-state index is 0.00996. The summed E-state index contributed by atoms with van der Waals surface area (Å²) >= 11 is 0. The number of hydrogen-bond donors (Lipinski definition) is 2. The molecule has 0 saturated heterocycles. The molecule has 2 aromatic heterocycles. The molecular formula is C23H27FN6O5. The van der Waals surface area contributed by atoms with Gasteiger partial charge in [-0.15, -0.1) is 10.2 Å². The second kappa shape index (κ2) is 11.4. The molecule has 0 radical (unpaired) electrons. The summed E-state index contributed by atoms with van der Waals surface area (Å²) in [5, 5.41) is 23.5. The number of tetrazole rings is 1. The van der Waals surface area contributed by atoms with Crippen LogP contribution in [0.15, 0.2) is 42.7 Å². The smallest absolute Gasteiger partial charge is 0.407 e. The number of benzene rings is 1. The Hall–Kier alpha value is -4.09. The maximum atomic E-state index is 14.7. The number of nitrogens with one attached hydrogen (secondary N) is 1. The zero-order valence-corrected chi connectivity index (χ0v) is 19.6. The highest BCUT2D eigenvalue weighted by molar-refractivity contribution is 5.71. The number of ether oxygens (including phenoxy) is 2. The number of rotatable bonds is 10. The largest absolute Gasteiger partial charge is 0.493 e. The van der Waals surface area contributed by atoms with Gasteiger partial charge in [0.2, 0.25) is 5.82 Å². The van der Waals surface area contributed by atoms with E-state index in [2.05, 4.69) is 25.7 Å². The van der Waals surface area contributed by atoms with Gasteiger partial charge in [0, 0.05) is 24.9 Å². The lowest BCUT2D eigenvalue weighted by molar-refractivity contribution is -0.137. The van der Waals surface area contributed by atoms with Gasteiger partial charge in [0.15, 0.2) is 0 Å². The Morgan fingerprint density at radius 2 is 2.06 bits per heavy atom. The standard InChI is InChI=1S/C23H27FN6O5/c1-23(2,3)35-22(33)26-16(11-20(31)32)14-30-28-21(27-29-30)18-7-6-17(12-19(18)24)34-10-8-15-5-4-9-25-13-15/h4-7,9,12-13,16H,8,10-11,14H2,1-3H3,(H,26,33)(H,31,32). The maximum Gasteiger partial charge on any atom is 0.407 e. The highest BCUT2D eigenvalue weighted by Gasteiger charge is 2.23. The van der Waals surface area contributed by atoms with Gasteiger partial charge in [0.25, 0.3) is 0 Å². The molecule has 0 aliphatic heterocycles. The molecule has 0 aliphatic rings. The molecule has 3 aromatic rings. The van der Waals surface area contributed by atoms with E-state index in [1.807, 2.05) is 12.1 Å². The summed E-state index contributed by atoms with van der Waals surface area (Å²) < 4.78 is 25.5. The number of amides is 1. The Labute approximate surface area is 201 Å². The molecule has 0 saturated carbocycles. The van der Waals surface area contributed by atoms with Crippen molar-refractivity contribution in [2.45, 2.75) is 51.8 Å². The third-order valence-electron chi connectivity index (χ3n) is 4.54. The van der Waals surface area contributed by atoms with Crippen molar-refractivity contribution in [2.24, 2.45) is 0 Å². The average Bonchev–Trinajstić information content (AvgIpc) is 3.20. The molecule has 186 valence electrons. The fourth-order valence-electron chi connectivity index (χ4n) is 3.07. The first-order chi connectivity index (χ1) is 16.6. The fraction of sp³-hybridized carbons (Fsp3) is 0.391. The molecule has 1 aromatic carbocycles. The molecule has 12 heteroatoms. The maximum absolute atomic E-state index is 14.7. The van der Waals surface area contributed by atoms with Crippen molar-refractivity contribution in [3.05, 3.63) is 54.1 Å². The molecule has 0 fully saturated rings. The van der Waals surface area contributed by atoms with E-state index in [1.165, 1.54) is 12.1 Å². The number of nitrogens with zero attached hydrogens (tertiary/aromatic N) is 5. The Kier molecular flexibility index (Phi) is 8.29. The van der Waals surface area contributed by atoms with Crippen LogP contribution in [0.3, 0.4) is 0 Å². The van der Waals surface area contributed by atoms with Crippen LogP contribution in [0.4, 0.5) is 9.18 Å². The quantitative estimate of drug-likeness (QED) is 0.442. The van der Waals surface area contributed by atoms with Crippen molar-refractivity contribution in [3.63, 3.8) is 0 Å². The lowest BCUT2D eigenvalue weighted by atomic mass is 10.2. The average molecular weight is 487 g/mol. The molecule has 0 spiro atoms. The number of hydrogen-bond acceptors (Lipinski definition) is 8. The normalized spacial score (nSPS) is 12.1. The van der Waals surface area contributed by atoms with Crippen LogP contribution in [0.25, 0.3) is 11.4 Å². The molecule has 0 aliphatic carbocycles. The van der Waals surface area contributed by atoms with Crippen LogP contribution in [-0.2, 0) is 22.5 Å². The Balaban J connectivity index is 1.62. The molecule has 11 nitrogen and oxygen atoms in total. The monoisotopic (exact) mass is 486 g/mol. The van der Waals surface area contributed by atoms with Crippen LogP contribution in [0, 0.1) is 5.82 Å². The molecule has 3 rings (SSSR count). The van der Waals surface area contributed by atoms with E-state index in [-0.39, 0.29) is 17.9 Å². The highest BCUT2D eigenvalue weighted by Crippen LogP contribution is 2.23. The van der Waals surface area contributed by atoms with Crippen LogP contribution in [0.1, 0.15) is 32.8 Å². The Bertz CT molecular complexity index is 1150. The molecule has 2 N–H and O–H groups in total. The van der Waals surface area contributed by atoms with E-state index in [0.29, 0.717) is 18.8 Å². The van der Waals surface area contributed by atoms with E-state index in [4.69, 9.17) is 14.6 Å². The second-order valence-electron chi connectivity index (χ2n) is 8.71. The minimum atomic E-state index is -1.13. The number of aliphatic carboxylic acids is 1. The zero-order valence-electron chi connectivity index (χ0n) is 19.6. The van der Waals surface area contributed by atoms with E-state index in [9.17, 15) is 14.0 Å². The van der Waals surface area contributed by atoms with Crippen molar-refractivity contribution < 1.29 is 28.6 Å². The minimum Gasteiger partial charge on any atom is -0.493 e. The number of pyridine rings is 1. The third-order valence-corrected chi connectivity index (χ3v) is 4.54. The van der Waals surface area contributed by atoms with Gasteiger partial charge >= 0.3 is 12.1 Å². The Morgan fingerprint density at radius 3 is 2.71 bits per heavy atom. The van der Waals surface area contributed by atoms with Gasteiger partial charge in [-0.3, -0.25) is 9.78 Å². The number of halogens is 1. The fourth-order valence-corrected chi connectivity index (χ4v) is 3.07. The first kappa shape index (κ1) is 25.5. The first-order valence-corrected chi connectivity index (χ1v) is 10.9. The van der Waals surface area contributed by atoms with Crippen molar-refractivity contribution in [1.82, 2.24) is 30.5 Å². The number of alkyl carbamates (subject to hydrolysis) is 1. The van der Waals surface area contributed by atoms with Crippen LogP contribution < -0.4 is 10.1 Å². The summed E-state index contributed by atoms with van der Waals surface area (Å²) in [6.07, 6.45) is 2.89. The van der Waals surface area contributed by atoms with Crippen molar-refractivity contribution in [2.75, 3.05) is 6.61 Å². The molecule has 1 atom stereocenters. The van der Waals surface area contributed by atoms with E-state index < -0.39 is 35.9 Å². The van der Waals surface area contributed by atoms with Crippen molar-refractivity contribution >= 4 is 12.1 Å². The lowest BCUT2D eigenvalue weighted by Gasteiger charge is -2.22. The number of carbonyl (C=O) groups excluding carboxylic acids is 1. The van der Waals surface area contributed by atoms with E-state index in [1.54, 1.807) is 39.2 Å². The van der Waals surface area contributed by atoms with Gasteiger partial charge in [-0.2, -0.15) is 4.80 Å². The molecule has 0 bridgehead atoms. The van der Waals surface area contributed by atoms with Gasteiger partial charge in [0.05, 0.1) is 31.2 Å². The summed E-state index contributed by atoms with van der Waals surface area (Å²) in [6.45, 7) is 5.32. The number of carbonyl (C=O) groups is 2. The SMILES string of the molecule is CC(C)(C)OC(=O)NC(CC(=O)O)Cn1nnc(-c2ccc(OCCc3cccnc3)cc2F)n1. The number of carboxylic acids is 1. The van der Waals surface area contributed by atoms with Crippen LogP contribution >= 0.6 is 0 Å². The Morgan fingerprint density at radius 1 is 1.26 bits per heavy atom. The van der Waals surface area contributed by atoms with Crippen LogP contribution in [0.2, 0.25) is 0 Å². The van der Waals surface area contributed by atoms with Gasteiger partial charge in [0.1, 0.15) is 17.2 Å². The van der Waals surface area contributed by atoms with Crippen LogP contribution in [0.5, 0.6) is 5.75 Å². The van der Waals surface area contributed by atoms with Crippen molar-refractivity contribution in [1.29, 1.82) is 0 Å². The van der Waals surface area contributed by atoms with Crippen LogP contribution in [-0.4, -0.2) is 60.6 Å². The summed E-state index contributed by atoms with van der Waals surface area (Å²) in [4.78, 5) is 28.4. The molecule has 1 amide bonds. The predicted octanol–water partition coefficient (Wildman–Crippen LogP) is 2.86. The van der Waals surface area contributed by atoms with Gasteiger partial charge < -0.3 is 19.9 Å². The second-order valence-corrected chi connectivity index (χ2v) is 8.71. The van der Waals surface area contributed by atoms with Gasteiger partial charge in [-0.25, -0.2) is 9.18 Å². The predicted molar refractivity (Wildman–Crippen MR) is 122 cm³/mol. The summed E-state index contributed by atoms with van der Waals surface area (Å²) in [5.74, 6) is -1.37. The number of carboxylic acid groups (broad SMARTS) is 1. The zero-order chi connectivity index (χ0) is 25.4. The summed E-state index contributed by atoms with van der Waals surface area (Å²) in [6, 6.07) is 7.20. The topological polar surface area (TPSA) is 141 Å². The van der Waals surface area contributed by atoms with Gasteiger partial charge in [-0.1, -0.05) is 6.07 Å². The number of aromatic nitrogens is 5. The van der Waals surface area contributed by atoms with Gasteiger partial charge in [-0.05, 0) is 49.7 Å². The highest BCUT2D eigenvalue weighted by atomic mass is 19.1. The first-order valence-electron chi connectivity index (χ1n) is 10.9. The van der Waals surface area contributed by atoms with Crippen molar-refractivity contribution in [3.8, 4) is 17.1 Å². The molecular weight excluding hydrogens is 459 g/mol. The van der Waals surface area contributed by atoms with E-state index >= 15 is 0 Å². The lowest BCUT2D eigenvalue weighted by Crippen LogP contribution is -2.42. The molecule has 2 heterocycles. The summed E-state index contributed by atoms with van der Waals surface area (Å²) in [7, 11) is 0. The molecule has 35 heavy (non-hydrogen) atoms. The molecule has 1 unspecified atom stereocenters.